The minimum atomic E-state index is 0.476. The van der Waals surface area contributed by atoms with E-state index in [-0.39, 0.29) is 0 Å². The van der Waals surface area contributed by atoms with Crippen LogP contribution in [0.2, 0.25) is 0 Å². The molecule has 1 heterocycles. The molecule has 0 radical (unpaired) electrons. The Morgan fingerprint density at radius 1 is 1.19 bits per heavy atom. The summed E-state index contributed by atoms with van der Waals surface area (Å²) in [6, 6.07) is 0.476. The summed E-state index contributed by atoms with van der Waals surface area (Å²) in [6.07, 6.45) is 5.27. The Labute approximate surface area is 130 Å². The first-order valence-corrected chi connectivity index (χ1v) is 8.67. The van der Waals surface area contributed by atoms with Crippen LogP contribution in [0.5, 0.6) is 0 Å². The van der Waals surface area contributed by atoms with Gasteiger partial charge >= 0.3 is 0 Å². The van der Waals surface area contributed by atoms with Crippen LogP contribution in [0.3, 0.4) is 0 Å². The second-order valence-electron chi connectivity index (χ2n) is 7.32. The smallest absolute Gasteiger partial charge is 0.0644 e. The lowest BCUT2D eigenvalue weighted by molar-refractivity contribution is 0.176. The van der Waals surface area contributed by atoms with Crippen molar-refractivity contribution >= 4 is 0 Å². The van der Waals surface area contributed by atoms with E-state index in [1.54, 1.807) is 0 Å². The molecule has 1 N–H and O–H groups in total. The molecule has 0 aromatic carbocycles. The third kappa shape index (κ3) is 3.68. The molecule has 1 aliphatic rings. The van der Waals surface area contributed by atoms with E-state index in [0.717, 1.165) is 24.3 Å². The van der Waals surface area contributed by atoms with Crippen LogP contribution in [-0.2, 0) is 7.05 Å². The van der Waals surface area contributed by atoms with Crippen LogP contribution in [0.4, 0.5) is 0 Å². The first kappa shape index (κ1) is 16.5. The average molecular weight is 291 g/mol. The monoisotopic (exact) mass is 291 g/mol. The molecule has 3 nitrogen and oxygen atoms in total. The lowest BCUT2D eigenvalue weighted by Crippen LogP contribution is -2.34. The van der Waals surface area contributed by atoms with Gasteiger partial charge in [0.15, 0.2) is 0 Å². The zero-order valence-corrected chi connectivity index (χ0v) is 14.7. The second kappa shape index (κ2) is 6.95. The van der Waals surface area contributed by atoms with Crippen LogP contribution in [-0.4, -0.2) is 16.3 Å². The van der Waals surface area contributed by atoms with Crippen molar-refractivity contribution in [2.45, 2.75) is 66.3 Å². The lowest BCUT2D eigenvalue weighted by atomic mass is 9.72. The molecule has 1 aromatic heterocycles. The Morgan fingerprint density at radius 2 is 1.81 bits per heavy atom. The van der Waals surface area contributed by atoms with Crippen LogP contribution in [0.1, 0.15) is 69.4 Å². The number of aromatic nitrogens is 2. The Kier molecular flexibility index (Phi) is 5.48. The number of hydrogen-bond acceptors (Lipinski definition) is 2. The molecule has 120 valence electrons. The van der Waals surface area contributed by atoms with Crippen molar-refractivity contribution in [1.29, 1.82) is 0 Å². The molecule has 1 saturated carbocycles. The maximum atomic E-state index is 4.65. The standard InChI is InChI=1S/C18H33N3/c1-7-8-19-18(16-10-12(2)9-13(3)11-16)17-14(4)20-21(6)15(17)5/h12-13,16,18-19H,7-11H2,1-6H3. The maximum Gasteiger partial charge on any atom is 0.0644 e. The average Bonchev–Trinajstić information content (AvgIpc) is 2.64. The van der Waals surface area contributed by atoms with Gasteiger partial charge in [-0.05, 0) is 63.8 Å². The molecule has 0 spiro atoms. The van der Waals surface area contributed by atoms with E-state index < -0.39 is 0 Å². The molecule has 0 aliphatic heterocycles. The van der Waals surface area contributed by atoms with E-state index >= 15 is 0 Å². The van der Waals surface area contributed by atoms with Crippen molar-refractivity contribution in [1.82, 2.24) is 15.1 Å². The third-order valence-electron chi connectivity index (χ3n) is 5.18. The normalized spacial score (nSPS) is 27.8. The zero-order chi connectivity index (χ0) is 15.6. The van der Waals surface area contributed by atoms with E-state index in [4.69, 9.17) is 0 Å². The van der Waals surface area contributed by atoms with E-state index in [1.807, 2.05) is 4.68 Å². The molecular weight excluding hydrogens is 258 g/mol. The Hall–Kier alpha value is -0.830. The third-order valence-corrected chi connectivity index (χ3v) is 5.18. The summed E-state index contributed by atoms with van der Waals surface area (Å²) in [4.78, 5) is 0. The van der Waals surface area contributed by atoms with Gasteiger partial charge in [0.05, 0.1) is 5.69 Å². The van der Waals surface area contributed by atoms with Crippen molar-refractivity contribution in [3.05, 3.63) is 17.0 Å². The van der Waals surface area contributed by atoms with E-state index in [0.29, 0.717) is 6.04 Å². The largest absolute Gasteiger partial charge is 0.310 e. The zero-order valence-electron chi connectivity index (χ0n) is 14.7. The molecule has 1 aliphatic carbocycles. The van der Waals surface area contributed by atoms with Crippen molar-refractivity contribution in [2.75, 3.05) is 6.54 Å². The van der Waals surface area contributed by atoms with Crippen LogP contribution in [0.25, 0.3) is 0 Å². The van der Waals surface area contributed by atoms with Crippen LogP contribution in [0.15, 0.2) is 0 Å². The van der Waals surface area contributed by atoms with Crippen molar-refractivity contribution in [3.63, 3.8) is 0 Å². The molecule has 3 unspecified atom stereocenters. The Bertz CT molecular complexity index is 453. The molecule has 3 heteroatoms. The highest BCUT2D eigenvalue weighted by molar-refractivity contribution is 5.29. The number of nitrogens with one attached hydrogen (secondary N) is 1. The van der Waals surface area contributed by atoms with Gasteiger partial charge < -0.3 is 5.32 Å². The molecular formula is C18H33N3. The van der Waals surface area contributed by atoms with Crippen molar-refractivity contribution in [3.8, 4) is 0 Å². The van der Waals surface area contributed by atoms with Crippen LogP contribution < -0.4 is 5.32 Å². The van der Waals surface area contributed by atoms with Gasteiger partial charge in [-0.25, -0.2) is 0 Å². The van der Waals surface area contributed by atoms with Crippen molar-refractivity contribution in [2.24, 2.45) is 24.8 Å². The van der Waals surface area contributed by atoms with E-state index in [2.05, 4.69) is 52.1 Å². The number of aryl methyl sites for hydroxylation is 2. The maximum absolute atomic E-state index is 4.65. The highest BCUT2D eigenvalue weighted by Gasteiger charge is 2.33. The predicted molar refractivity (Wildman–Crippen MR) is 89.4 cm³/mol. The minimum Gasteiger partial charge on any atom is -0.310 e. The van der Waals surface area contributed by atoms with Gasteiger partial charge in [0.25, 0.3) is 0 Å². The van der Waals surface area contributed by atoms with E-state index in [9.17, 15) is 0 Å². The predicted octanol–water partition coefficient (Wildman–Crippen LogP) is 4.15. The summed E-state index contributed by atoms with van der Waals surface area (Å²) in [5.74, 6) is 2.45. The van der Waals surface area contributed by atoms with Crippen LogP contribution in [0, 0.1) is 31.6 Å². The highest BCUT2D eigenvalue weighted by Crippen LogP contribution is 2.41. The quantitative estimate of drug-likeness (QED) is 0.883. The fraction of sp³-hybridized carbons (Fsp3) is 0.833. The van der Waals surface area contributed by atoms with Gasteiger partial charge in [0.1, 0.15) is 0 Å². The molecule has 0 saturated heterocycles. The van der Waals surface area contributed by atoms with Gasteiger partial charge in [-0.15, -0.1) is 0 Å². The molecule has 0 amide bonds. The fourth-order valence-corrected chi connectivity index (χ4v) is 4.33. The number of nitrogens with zero attached hydrogens (tertiary/aromatic N) is 2. The van der Waals surface area contributed by atoms with Gasteiger partial charge in [0.2, 0.25) is 0 Å². The van der Waals surface area contributed by atoms with Gasteiger partial charge in [0, 0.05) is 24.3 Å². The Morgan fingerprint density at radius 3 is 2.29 bits per heavy atom. The molecule has 1 aromatic rings. The van der Waals surface area contributed by atoms with Crippen LogP contribution >= 0.6 is 0 Å². The van der Waals surface area contributed by atoms with E-state index in [1.165, 1.54) is 42.6 Å². The van der Waals surface area contributed by atoms with Gasteiger partial charge in [-0.2, -0.15) is 5.10 Å². The fourth-order valence-electron chi connectivity index (χ4n) is 4.33. The highest BCUT2D eigenvalue weighted by atomic mass is 15.3. The first-order valence-electron chi connectivity index (χ1n) is 8.67. The summed E-state index contributed by atoms with van der Waals surface area (Å²) in [7, 11) is 2.06. The number of rotatable bonds is 5. The van der Waals surface area contributed by atoms with Gasteiger partial charge in [-0.1, -0.05) is 20.8 Å². The molecule has 1 fully saturated rings. The summed E-state index contributed by atoms with van der Waals surface area (Å²) >= 11 is 0. The Balaban J connectivity index is 2.29. The second-order valence-corrected chi connectivity index (χ2v) is 7.32. The summed E-state index contributed by atoms with van der Waals surface area (Å²) in [6.45, 7) is 12.6. The number of hydrogen-bond donors (Lipinski definition) is 1. The van der Waals surface area contributed by atoms with Gasteiger partial charge in [-0.3, -0.25) is 4.68 Å². The summed E-state index contributed by atoms with van der Waals surface area (Å²) in [5.41, 5.74) is 3.98. The SMILES string of the molecule is CCCNC(c1c(C)nn(C)c1C)C1CC(C)CC(C)C1. The lowest BCUT2D eigenvalue weighted by Gasteiger charge is -2.37. The van der Waals surface area contributed by atoms with Crippen molar-refractivity contribution < 1.29 is 0 Å². The molecule has 2 rings (SSSR count). The summed E-state index contributed by atoms with van der Waals surface area (Å²) in [5, 5.41) is 8.49. The topological polar surface area (TPSA) is 29.9 Å². The molecule has 3 atom stereocenters. The minimum absolute atomic E-state index is 0.476. The molecule has 21 heavy (non-hydrogen) atoms. The molecule has 0 bridgehead atoms. The summed E-state index contributed by atoms with van der Waals surface area (Å²) < 4.78 is 2.04. The first-order chi connectivity index (χ1) is 9.93.